The van der Waals surface area contributed by atoms with E-state index in [2.05, 4.69) is 9.97 Å². The number of pyridine rings is 1. The van der Waals surface area contributed by atoms with E-state index in [0.29, 0.717) is 21.4 Å². The number of carbonyl (C=O) groups excluding carboxylic acids is 1. The number of thiazole rings is 1. The molecule has 1 amide bonds. The summed E-state index contributed by atoms with van der Waals surface area (Å²) in [5.74, 6) is -2.03. The number of carbonyl (C=O) groups is 1. The molecule has 4 aromatic rings. The van der Waals surface area contributed by atoms with Crippen molar-refractivity contribution >= 4 is 54.0 Å². The molecule has 2 aromatic carbocycles. The molecule has 0 atom stereocenters. The molecule has 0 aliphatic heterocycles. The van der Waals surface area contributed by atoms with Gasteiger partial charge >= 0.3 is 0 Å². The number of amides is 1. The standard InChI is InChI=1S/C21H15ClFN3O3S2/c22-17-5-3-6-18-20(17)25-21(30-18)26(12-15-4-1-2-11-24-15)19(27)13-31(28,29)16-9-7-14(23)8-10-16/h1-11H,12-13H2. The van der Waals surface area contributed by atoms with Crippen LogP contribution in [0.1, 0.15) is 5.69 Å². The Morgan fingerprint density at radius 1 is 1.06 bits per heavy atom. The lowest BCUT2D eigenvalue weighted by molar-refractivity contribution is -0.116. The highest BCUT2D eigenvalue weighted by molar-refractivity contribution is 7.92. The Kier molecular flexibility index (Phi) is 5.99. The van der Waals surface area contributed by atoms with Gasteiger partial charge in [0.05, 0.1) is 26.9 Å². The van der Waals surface area contributed by atoms with Gasteiger partial charge in [-0.25, -0.2) is 17.8 Å². The van der Waals surface area contributed by atoms with Crippen LogP contribution in [0, 0.1) is 5.82 Å². The van der Waals surface area contributed by atoms with Crippen LogP contribution in [0.15, 0.2) is 71.8 Å². The summed E-state index contributed by atoms with van der Waals surface area (Å²) in [7, 11) is -3.99. The van der Waals surface area contributed by atoms with E-state index in [0.717, 1.165) is 29.0 Å². The number of para-hydroxylation sites is 1. The zero-order valence-corrected chi connectivity index (χ0v) is 18.3. The summed E-state index contributed by atoms with van der Waals surface area (Å²) < 4.78 is 39.4. The van der Waals surface area contributed by atoms with E-state index in [-0.39, 0.29) is 11.4 Å². The molecule has 2 aromatic heterocycles. The van der Waals surface area contributed by atoms with Gasteiger partial charge in [0.15, 0.2) is 15.0 Å². The molecule has 0 aliphatic rings. The molecule has 0 unspecified atom stereocenters. The lowest BCUT2D eigenvalue weighted by Gasteiger charge is -2.19. The van der Waals surface area contributed by atoms with Crippen LogP contribution in [-0.2, 0) is 21.2 Å². The molecule has 158 valence electrons. The number of benzene rings is 2. The maximum atomic E-state index is 13.2. The fourth-order valence-corrected chi connectivity index (χ4v) is 5.38. The van der Waals surface area contributed by atoms with E-state index in [4.69, 9.17) is 11.6 Å². The molecule has 0 saturated carbocycles. The molecule has 2 heterocycles. The third-order valence-corrected chi connectivity index (χ3v) is 7.39. The van der Waals surface area contributed by atoms with Crippen LogP contribution in [0.2, 0.25) is 5.02 Å². The maximum absolute atomic E-state index is 13.2. The lowest BCUT2D eigenvalue weighted by Crippen LogP contribution is -2.35. The normalized spacial score (nSPS) is 11.5. The van der Waals surface area contributed by atoms with Gasteiger partial charge in [0.2, 0.25) is 5.91 Å². The molecule has 0 fully saturated rings. The van der Waals surface area contributed by atoms with E-state index in [1.165, 1.54) is 16.2 Å². The number of hydrogen-bond acceptors (Lipinski definition) is 6. The molecule has 6 nitrogen and oxygen atoms in total. The average Bonchev–Trinajstić information content (AvgIpc) is 3.18. The van der Waals surface area contributed by atoms with Gasteiger partial charge in [0, 0.05) is 6.20 Å². The number of rotatable bonds is 6. The van der Waals surface area contributed by atoms with Crippen molar-refractivity contribution in [3.8, 4) is 0 Å². The molecular formula is C21H15ClFN3O3S2. The first-order valence-electron chi connectivity index (χ1n) is 9.07. The highest BCUT2D eigenvalue weighted by Gasteiger charge is 2.27. The first kappa shape index (κ1) is 21.4. The minimum Gasteiger partial charge on any atom is -0.281 e. The predicted octanol–water partition coefficient (Wildman–Crippen LogP) is 4.49. The maximum Gasteiger partial charge on any atom is 0.244 e. The number of halogens is 2. The minimum atomic E-state index is -3.99. The van der Waals surface area contributed by atoms with E-state index < -0.39 is 27.3 Å². The van der Waals surface area contributed by atoms with Crippen molar-refractivity contribution < 1.29 is 17.6 Å². The summed E-state index contributed by atoms with van der Waals surface area (Å²) >= 11 is 7.44. The molecular weight excluding hydrogens is 461 g/mol. The number of sulfone groups is 1. The highest BCUT2D eigenvalue weighted by Crippen LogP contribution is 2.33. The van der Waals surface area contributed by atoms with Crippen molar-refractivity contribution in [2.24, 2.45) is 0 Å². The van der Waals surface area contributed by atoms with Crippen molar-refractivity contribution in [2.75, 3.05) is 10.7 Å². The zero-order chi connectivity index (χ0) is 22.0. The van der Waals surface area contributed by atoms with Gasteiger partial charge in [-0.15, -0.1) is 0 Å². The third-order valence-electron chi connectivity index (χ3n) is 4.42. The van der Waals surface area contributed by atoms with Crippen LogP contribution in [0.3, 0.4) is 0 Å². The quantitative estimate of drug-likeness (QED) is 0.384. The fraction of sp³-hybridized carbons (Fsp3) is 0.0952. The second-order valence-corrected chi connectivity index (χ2v) is 10.0. The Labute approximate surface area is 186 Å². The average molecular weight is 476 g/mol. The number of aromatic nitrogens is 2. The molecule has 4 rings (SSSR count). The van der Waals surface area contributed by atoms with Gasteiger partial charge in [0.25, 0.3) is 0 Å². The number of hydrogen-bond donors (Lipinski definition) is 0. The summed E-state index contributed by atoms with van der Waals surface area (Å²) in [5.41, 5.74) is 1.10. The Balaban J connectivity index is 1.70. The van der Waals surface area contributed by atoms with Crippen molar-refractivity contribution in [3.63, 3.8) is 0 Å². The number of fused-ring (bicyclic) bond motifs is 1. The monoisotopic (exact) mass is 475 g/mol. The van der Waals surface area contributed by atoms with Gasteiger partial charge in [-0.1, -0.05) is 35.1 Å². The van der Waals surface area contributed by atoms with Crippen LogP contribution < -0.4 is 4.90 Å². The summed E-state index contributed by atoms with van der Waals surface area (Å²) in [5, 5.41) is 0.747. The largest absolute Gasteiger partial charge is 0.281 e. The Morgan fingerprint density at radius 3 is 2.52 bits per heavy atom. The predicted molar refractivity (Wildman–Crippen MR) is 119 cm³/mol. The van der Waals surface area contributed by atoms with E-state index in [1.807, 2.05) is 6.07 Å². The molecule has 0 N–H and O–H groups in total. The van der Waals surface area contributed by atoms with Gasteiger partial charge in [0.1, 0.15) is 17.1 Å². The molecule has 0 bridgehead atoms. The topological polar surface area (TPSA) is 80.2 Å². The summed E-state index contributed by atoms with van der Waals surface area (Å²) in [4.78, 5) is 23.0. The van der Waals surface area contributed by atoms with Crippen LogP contribution in [0.25, 0.3) is 10.2 Å². The molecule has 0 saturated heterocycles. The second kappa shape index (κ2) is 8.70. The van der Waals surface area contributed by atoms with Gasteiger partial charge in [-0.3, -0.25) is 14.7 Å². The third kappa shape index (κ3) is 4.73. The van der Waals surface area contributed by atoms with E-state index in [9.17, 15) is 17.6 Å². The first-order chi connectivity index (χ1) is 14.8. The van der Waals surface area contributed by atoms with E-state index in [1.54, 1.807) is 36.5 Å². The summed E-state index contributed by atoms with van der Waals surface area (Å²) in [6, 6.07) is 14.9. The Hall–Kier alpha value is -2.88. The van der Waals surface area contributed by atoms with Gasteiger partial charge in [-0.05, 0) is 48.5 Å². The second-order valence-electron chi connectivity index (χ2n) is 6.60. The van der Waals surface area contributed by atoms with Crippen LogP contribution in [-0.4, -0.2) is 30.0 Å². The molecule has 0 aliphatic carbocycles. The van der Waals surface area contributed by atoms with Gasteiger partial charge in [-0.2, -0.15) is 0 Å². The van der Waals surface area contributed by atoms with Crippen LogP contribution in [0.4, 0.5) is 9.52 Å². The minimum absolute atomic E-state index is 0.0378. The molecule has 0 radical (unpaired) electrons. The smallest absolute Gasteiger partial charge is 0.244 e. The fourth-order valence-electron chi connectivity index (χ4n) is 2.90. The molecule has 31 heavy (non-hydrogen) atoms. The highest BCUT2D eigenvalue weighted by atomic mass is 35.5. The SMILES string of the molecule is O=C(CS(=O)(=O)c1ccc(F)cc1)N(Cc1ccccn1)c1nc2c(Cl)cccc2s1. The zero-order valence-electron chi connectivity index (χ0n) is 15.9. The van der Waals surface area contributed by atoms with Crippen LogP contribution in [0.5, 0.6) is 0 Å². The van der Waals surface area contributed by atoms with E-state index >= 15 is 0 Å². The van der Waals surface area contributed by atoms with Crippen LogP contribution >= 0.6 is 22.9 Å². The lowest BCUT2D eigenvalue weighted by atomic mass is 10.3. The number of anilines is 1. The Bertz CT molecular complexity index is 1340. The van der Waals surface area contributed by atoms with Crippen molar-refractivity contribution in [1.29, 1.82) is 0 Å². The van der Waals surface area contributed by atoms with Gasteiger partial charge < -0.3 is 0 Å². The summed E-state index contributed by atoms with van der Waals surface area (Å²) in [6.07, 6.45) is 1.59. The number of nitrogens with zero attached hydrogens (tertiary/aromatic N) is 3. The first-order valence-corrected chi connectivity index (χ1v) is 11.9. The Morgan fingerprint density at radius 2 is 1.84 bits per heavy atom. The van der Waals surface area contributed by atoms with Crippen molar-refractivity contribution in [2.45, 2.75) is 11.4 Å². The summed E-state index contributed by atoms with van der Waals surface area (Å²) in [6.45, 7) is 0.0378. The van der Waals surface area contributed by atoms with Crippen molar-refractivity contribution in [1.82, 2.24) is 9.97 Å². The molecule has 0 spiro atoms. The molecule has 10 heteroatoms. The van der Waals surface area contributed by atoms with Crippen molar-refractivity contribution in [3.05, 3.63) is 83.4 Å².